The molecule has 0 saturated heterocycles. The number of aliphatic imine (C=N–C) groups is 1. The van der Waals surface area contributed by atoms with E-state index >= 15 is 0 Å². The first kappa shape index (κ1) is 12.6. The molecule has 7 heteroatoms. The molecule has 20 heavy (non-hydrogen) atoms. The molecule has 0 fully saturated rings. The average Bonchev–Trinajstić information content (AvgIpc) is 2.46. The van der Waals surface area contributed by atoms with Crippen LogP contribution in [0.3, 0.4) is 0 Å². The predicted molar refractivity (Wildman–Crippen MR) is 65.4 cm³/mol. The maximum Gasteiger partial charge on any atom is 0.433 e. The highest BCUT2D eigenvalue weighted by Crippen LogP contribution is 2.30. The van der Waals surface area contributed by atoms with Gasteiger partial charge >= 0.3 is 6.18 Å². The predicted octanol–water partition coefficient (Wildman–Crippen LogP) is 3.35. The van der Waals surface area contributed by atoms with Gasteiger partial charge in [-0.3, -0.25) is 0 Å². The Morgan fingerprint density at radius 2 is 2.00 bits per heavy atom. The van der Waals surface area contributed by atoms with Gasteiger partial charge in [0, 0.05) is 17.3 Å². The third-order valence-corrected chi connectivity index (χ3v) is 2.79. The Bertz CT molecular complexity index is 683. The lowest BCUT2D eigenvalue weighted by molar-refractivity contribution is -0.141. The number of hydrogen-bond acceptors (Lipinski definition) is 4. The molecule has 0 unspecified atom stereocenters. The number of halogens is 3. The fraction of sp³-hybridized carbons (Fsp3) is 0.154. The molecule has 1 aliphatic rings. The van der Waals surface area contributed by atoms with Gasteiger partial charge in [-0.2, -0.15) is 13.2 Å². The average molecular weight is 279 g/mol. The number of hydrogen-bond donors (Lipinski definition) is 0. The first-order chi connectivity index (χ1) is 9.54. The van der Waals surface area contributed by atoms with Crippen molar-refractivity contribution in [2.45, 2.75) is 12.8 Å². The summed E-state index contributed by atoms with van der Waals surface area (Å²) < 4.78 is 42.9. The number of rotatable bonds is 1. The van der Waals surface area contributed by atoms with E-state index in [2.05, 4.69) is 15.0 Å². The van der Waals surface area contributed by atoms with Crippen molar-refractivity contribution in [3.63, 3.8) is 0 Å². The van der Waals surface area contributed by atoms with E-state index in [-0.39, 0.29) is 5.82 Å². The summed E-state index contributed by atoms with van der Waals surface area (Å²) in [5.41, 5.74) is 1.04. The van der Waals surface area contributed by atoms with Crippen LogP contribution in [0.5, 0.6) is 0 Å². The number of nitrogens with zero attached hydrogens (tertiary/aromatic N) is 3. The fourth-order valence-electron chi connectivity index (χ4n) is 1.84. The van der Waals surface area contributed by atoms with Crippen LogP contribution in [0, 0.1) is 0 Å². The Morgan fingerprint density at radius 1 is 1.15 bits per heavy atom. The molecule has 102 valence electrons. The van der Waals surface area contributed by atoms with Gasteiger partial charge in [0.15, 0.2) is 12.2 Å². The molecule has 0 aliphatic carbocycles. The minimum Gasteiger partial charge on any atom is -0.478 e. The Morgan fingerprint density at radius 3 is 2.80 bits per heavy atom. The lowest BCUT2D eigenvalue weighted by atomic mass is 10.1. The van der Waals surface area contributed by atoms with Crippen molar-refractivity contribution in [2.24, 2.45) is 4.99 Å². The molecule has 2 aromatic rings. The highest BCUT2D eigenvalue weighted by Gasteiger charge is 2.32. The standard InChI is InChI=1S/C13H8F3N3O/c14-13(15,16)11-3-4-17-12(19-11)8-1-2-10-9(5-8)6-20-7-18-10/h1-5,7H,6H2. The normalized spacial score (nSPS) is 13.8. The van der Waals surface area contributed by atoms with Gasteiger partial charge in [0.25, 0.3) is 0 Å². The van der Waals surface area contributed by atoms with Crippen molar-refractivity contribution in [1.82, 2.24) is 9.97 Å². The zero-order chi connectivity index (χ0) is 14.2. The number of alkyl halides is 3. The second-order valence-electron chi connectivity index (χ2n) is 4.15. The summed E-state index contributed by atoms with van der Waals surface area (Å²) in [6.07, 6.45) is -2.05. The topological polar surface area (TPSA) is 47.4 Å². The molecule has 2 heterocycles. The quantitative estimate of drug-likeness (QED) is 0.804. The third-order valence-electron chi connectivity index (χ3n) is 2.79. The lowest BCUT2D eigenvalue weighted by Crippen LogP contribution is -2.09. The molecular weight excluding hydrogens is 271 g/mol. The van der Waals surface area contributed by atoms with Crippen molar-refractivity contribution in [3.8, 4) is 11.4 Å². The van der Waals surface area contributed by atoms with Crippen molar-refractivity contribution >= 4 is 12.1 Å². The smallest absolute Gasteiger partial charge is 0.433 e. The van der Waals surface area contributed by atoms with Crippen molar-refractivity contribution in [2.75, 3.05) is 0 Å². The van der Waals surface area contributed by atoms with E-state index in [0.717, 1.165) is 23.5 Å². The molecule has 0 atom stereocenters. The zero-order valence-corrected chi connectivity index (χ0v) is 10.1. The summed E-state index contributed by atoms with van der Waals surface area (Å²) in [7, 11) is 0. The molecule has 1 aromatic heterocycles. The van der Waals surface area contributed by atoms with Crippen LogP contribution in [0.2, 0.25) is 0 Å². The Hall–Kier alpha value is -2.44. The summed E-state index contributed by atoms with van der Waals surface area (Å²) in [5, 5.41) is 0. The molecule has 0 N–H and O–H groups in total. The minimum absolute atomic E-state index is 0.0252. The number of aromatic nitrogens is 2. The summed E-state index contributed by atoms with van der Waals surface area (Å²) in [6, 6.07) is 5.86. The van der Waals surface area contributed by atoms with Crippen LogP contribution in [-0.4, -0.2) is 16.4 Å². The molecule has 1 aliphatic heterocycles. The van der Waals surface area contributed by atoms with Gasteiger partial charge in [0.05, 0.1) is 5.69 Å². The SMILES string of the molecule is FC(F)(F)c1ccnc(-c2ccc3c(c2)COC=N3)n1. The van der Waals surface area contributed by atoms with E-state index in [1.165, 1.54) is 6.40 Å². The van der Waals surface area contributed by atoms with Crippen molar-refractivity contribution in [3.05, 3.63) is 41.7 Å². The number of benzene rings is 1. The first-order valence-electron chi connectivity index (χ1n) is 5.72. The Labute approximate surface area is 112 Å². The fourth-order valence-corrected chi connectivity index (χ4v) is 1.84. The highest BCUT2D eigenvalue weighted by atomic mass is 19.4. The van der Waals surface area contributed by atoms with Crippen LogP contribution in [0.4, 0.5) is 18.9 Å². The monoisotopic (exact) mass is 279 g/mol. The number of fused-ring (bicyclic) bond motifs is 1. The molecule has 0 spiro atoms. The lowest BCUT2D eigenvalue weighted by Gasteiger charge is -2.12. The van der Waals surface area contributed by atoms with E-state index < -0.39 is 11.9 Å². The van der Waals surface area contributed by atoms with Gasteiger partial charge in [0.2, 0.25) is 0 Å². The van der Waals surface area contributed by atoms with Crippen LogP contribution >= 0.6 is 0 Å². The molecule has 3 rings (SSSR count). The molecular formula is C13H8F3N3O. The van der Waals surface area contributed by atoms with E-state index in [0.29, 0.717) is 12.2 Å². The summed E-state index contributed by atoms with van der Waals surface area (Å²) in [5.74, 6) is 0.0252. The van der Waals surface area contributed by atoms with Crippen LogP contribution in [0.25, 0.3) is 11.4 Å². The maximum atomic E-state index is 12.6. The van der Waals surface area contributed by atoms with Gasteiger partial charge in [-0.05, 0) is 24.3 Å². The van der Waals surface area contributed by atoms with E-state index in [4.69, 9.17) is 4.74 Å². The third kappa shape index (κ3) is 2.34. The van der Waals surface area contributed by atoms with Crippen LogP contribution in [0.15, 0.2) is 35.5 Å². The van der Waals surface area contributed by atoms with E-state index in [9.17, 15) is 13.2 Å². The highest BCUT2D eigenvalue weighted by molar-refractivity contribution is 5.67. The van der Waals surface area contributed by atoms with E-state index in [1.807, 2.05) is 0 Å². The maximum absolute atomic E-state index is 12.6. The number of ether oxygens (including phenoxy) is 1. The van der Waals surface area contributed by atoms with Gasteiger partial charge in [-0.25, -0.2) is 15.0 Å². The second-order valence-corrected chi connectivity index (χ2v) is 4.15. The van der Waals surface area contributed by atoms with E-state index in [1.54, 1.807) is 18.2 Å². The summed E-state index contributed by atoms with van der Waals surface area (Å²) in [6.45, 7) is 0.325. The first-order valence-corrected chi connectivity index (χ1v) is 5.72. The summed E-state index contributed by atoms with van der Waals surface area (Å²) in [4.78, 5) is 11.4. The van der Waals surface area contributed by atoms with Crippen molar-refractivity contribution < 1.29 is 17.9 Å². The van der Waals surface area contributed by atoms with Crippen LogP contribution < -0.4 is 0 Å². The van der Waals surface area contributed by atoms with Crippen LogP contribution in [-0.2, 0) is 17.5 Å². The largest absolute Gasteiger partial charge is 0.478 e. The molecule has 0 bridgehead atoms. The molecule has 0 radical (unpaired) electrons. The van der Waals surface area contributed by atoms with Crippen LogP contribution in [0.1, 0.15) is 11.3 Å². The zero-order valence-electron chi connectivity index (χ0n) is 10.1. The Kier molecular flexibility index (Phi) is 2.89. The summed E-state index contributed by atoms with van der Waals surface area (Å²) >= 11 is 0. The van der Waals surface area contributed by atoms with Gasteiger partial charge in [0.1, 0.15) is 12.3 Å². The van der Waals surface area contributed by atoms with Crippen molar-refractivity contribution in [1.29, 1.82) is 0 Å². The molecule has 4 nitrogen and oxygen atoms in total. The molecule has 0 amide bonds. The molecule has 0 saturated carbocycles. The van der Waals surface area contributed by atoms with Gasteiger partial charge in [-0.15, -0.1) is 0 Å². The minimum atomic E-state index is -4.49. The molecule has 1 aromatic carbocycles. The second kappa shape index (κ2) is 4.59. The Balaban J connectivity index is 2.03. The van der Waals surface area contributed by atoms with Gasteiger partial charge in [-0.1, -0.05) is 0 Å². The van der Waals surface area contributed by atoms with Gasteiger partial charge < -0.3 is 4.74 Å².